The van der Waals surface area contributed by atoms with Gasteiger partial charge in [0.15, 0.2) is 0 Å². The van der Waals surface area contributed by atoms with Crippen molar-refractivity contribution in [2.24, 2.45) is 12.8 Å². The van der Waals surface area contributed by atoms with E-state index in [0.29, 0.717) is 24.5 Å². The van der Waals surface area contributed by atoms with Crippen molar-refractivity contribution < 1.29 is 23.9 Å². The Morgan fingerprint density at radius 1 is 1.29 bits per heavy atom. The predicted octanol–water partition coefficient (Wildman–Crippen LogP) is 0.431. The Bertz CT molecular complexity index is 1190. The number of carbonyl (C=O) groups excluding carboxylic acids is 2. The quantitative estimate of drug-likeness (QED) is 0.637. The third kappa shape index (κ3) is 7.81. The van der Waals surface area contributed by atoms with Gasteiger partial charge in [-0.2, -0.15) is 14.9 Å². The van der Waals surface area contributed by atoms with Gasteiger partial charge in [0.2, 0.25) is 0 Å². The van der Waals surface area contributed by atoms with Crippen LogP contribution in [0.1, 0.15) is 37.3 Å². The van der Waals surface area contributed by atoms with Gasteiger partial charge in [-0.3, -0.25) is 18.7 Å². The van der Waals surface area contributed by atoms with Crippen LogP contribution in [-0.2, 0) is 28.0 Å². The Morgan fingerprint density at radius 3 is 2.44 bits per heavy atom. The Balaban J connectivity index is 0.000000629. The fraction of sp³-hybridized carbons (Fsp3) is 0.409. The summed E-state index contributed by atoms with van der Waals surface area (Å²) in [5.74, 6) is -0.787. The van der Waals surface area contributed by atoms with Crippen molar-refractivity contribution in [3.63, 3.8) is 0 Å². The zero-order chi connectivity index (χ0) is 25.8. The van der Waals surface area contributed by atoms with Gasteiger partial charge in [-0.05, 0) is 36.6 Å². The van der Waals surface area contributed by atoms with Crippen LogP contribution in [0.15, 0.2) is 33.9 Å². The third-order valence-corrected chi connectivity index (χ3v) is 4.98. The molecule has 2 aromatic rings. The van der Waals surface area contributed by atoms with Gasteiger partial charge in [0.25, 0.3) is 5.56 Å². The van der Waals surface area contributed by atoms with E-state index in [1.807, 2.05) is 11.0 Å². The van der Waals surface area contributed by atoms with E-state index in [4.69, 9.17) is 20.4 Å². The van der Waals surface area contributed by atoms with Crippen molar-refractivity contribution in [2.45, 2.75) is 38.8 Å². The summed E-state index contributed by atoms with van der Waals surface area (Å²) < 4.78 is 16.1. The number of nitriles is 1. The van der Waals surface area contributed by atoms with Crippen LogP contribution < -0.4 is 21.9 Å². The Labute approximate surface area is 194 Å². The average Bonchev–Trinajstić information content (AvgIpc) is 2.80. The number of halogens is 1. The molecule has 3 rings (SSSR count). The van der Waals surface area contributed by atoms with Crippen molar-refractivity contribution in [3.8, 4) is 6.07 Å². The number of aromatic nitrogens is 2. The van der Waals surface area contributed by atoms with Crippen LogP contribution in [0.2, 0.25) is 0 Å². The molecule has 3 N–H and O–H groups in total. The van der Waals surface area contributed by atoms with E-state index in [0.717, 1.165) is 17.4 Å². The van der Waals surface area contributed by atoms with Crippen LogP contribution in [0, 0.1) is 17.1 Å². The van der Waals surface area contributed by atoms with Gasteiger partial charge in [-0.25, -0.2) is 9.18 Å². The summed E-state index contributed by atoms with van der Waals surface area (Å²) in [7, 11) is 1.39. The molecule has 1 saturated heterocycles. The SMILES string of the molecule is CCC(=O)O.Cn1c(=O)cc(N2CCC[C@@H](N)C2)n(Cc2cc(F)ccc2C#N)c1=O.O=C=O. The predicted molar refractivity (Wildman–Crippen MR) is 119 cm³/mol. The highest BCUT2D eigenvalue weighted by atomic mass is 19.1. The molecular formula is C22H26FN5O6. The smallest absolute Gasteiger partial charge is 0.373 e. The molecule has 12 heteroatoms. The van der Waals surface area contributed by atoms with Crippen molar-refractivity contribution in [3.05, 3.63) is 62.0 Å². The first kappa shape index (κ1) is 28.0. The van der Waals surface area contributed by atoms with E-state index in [9.17, 15) is 24.0 Å². The number of piperidine rings is 1. The van der Waals surface area contributed by atoms with E-state index in [1.54, 1.807) is 6.92 Å². The molecule has 1 atom stereocenters. The molecule has 0 spiro atoms. The Hall–Kier alpha value is -4.07. The number of carboxylic acid groups (broad SMARTS) is 1. The molecule has 1 fully saturated rings. The first-order chi connectivity index (χ1) is 16.1. The molecule has 1 aromatic carbocycles. The number of aliphatic carboxylic acids is 1. The number of carboxylic acids is 1. The Kier molecular flexibility index (Phi) is 11.1. The summed E-state index contributed by atoms with van der Waals surface area (Å²) in [6.45, 7) is 2.80. The second-order valence-electron chi connectivity index (χ2n) is 7.36. The molecule has 34 heavy (non-hydrogen) atoms. The molecule has 1 aromatic heterocycles. The Morgan fingerprint density at radius 2 is 1.91 bits per heavy atom. The lowest BCUT2D eigenvalue weighted by Crippen LogP contribution is -2.47. The molecule has 1 aliphatic rings. The van der Waals surface area contributed by atoms with Crippen molar-refractivity contribution in [1.82, 2.24) is 9.13 Å². The molecule has 0 radical (unpaired) electrons. The number of nitrogens with two attached hydrogens (primary N) is 1. The second-order valence-corrected chi connectivity index (χ2v) is 7.36. The van der Waals surface area contributed by atoms with Gasteiger partial charge >= 0.3 is 17.8 Å². The van der Waals surface area contributed by atoms with Crippen LogP contribution in [0.4, 0.5) is 10.2 Å². The normalized spacial score (nSPS) is 14.4. The highest BCUT2D eigenvalue weighted by Crippen LogP contribution is 2.19. The molecule has 0 unspecified atom stereocenters. The summed E-state index contributed by atoms with van der Waals surface area (Å²) in [5, 5.41) is 17.0. The van der Waals surface area contributed by atoms with Crippen molar-refractivity contribution in [1.29, 1.82) is 5.26 Å². The molecule has 182 valence electrons. The number of nitrogens with zero attached hydrogens (tertiary/aromatic N) is 4. The van der Waals surface area contributed by atoms with Crippen molar-refractivity contribution in [2.75, 3.05) is 18.0 Å². The number of carbonyl (C=O) groups is 1. The first-order valence-electron chi connectivity index (χ1n) is 10.3. The zero-order valence-corrected chi connectivity index (χ0v) is 18.9. The second kappa shape index (κ2) is 13.5. The minimum atomic E-state index is -0.745. The van der Waals surface area contributed by atoms with Gasteiger partial charge in [0.05, 0.1) is 18.2 Å². The van der Waals surface area contributed by atoms with Gasteiger partial charge in [-0.1, -0.05) is 6.92 Å². The largest absolute Gasteiger partial charge is 0.481 e. The molecule has 0 saturated carbocycles. The average molecular weight is 475 g/mol. The highest BCUT2D eigenvalue weighted by Gasteiger charge is 2.22. The summed E-state index contributed by atoms with van der Waals surface area (Å²) >= 11 is 0. The third-order valence-electron chi connectivity index (χ3n) is 4.98. The van der Waals surface area contributed by atoms with E-state index < -0.39 is 23.0 Å². The molecule has 11 nitrogen and oxygen atoms in total. The molecule has 1 aliphatic heterocycles. The van der Waals surface area contributed by atoms with Gasteiger partial charge in [0, 0.05) is 38.7 Å². The summed E-state index contributed by atoms with van der Waals surface area (Å²) in [6.07, 6.45) is 2.21. The molecule has 0 amide bonds. The lowest BCUT2D eigenvalue weighted by Gasteiger charge is -2.34. The van der Waals surface area contributed by atoms with E-state index in [1.165, 1.54) is 35.9 Å². The van der Waals surface area contributed by atoms with E-state index in [-0.39, 0.29) is 30.7 Å². The number of hydrogen-bond acceptors (Lipinski definition) is 8. The van der Waals surface area contributed by atoms with Crippen LogP contribution in [0.3, 0.4) is 0 Å². The first-order valence-corrected chi connectivity index (χ1v) is 10.3. The topological polar surface area (TPSA) is 168 Å². The fourth-order valence-corrected chi connectivity index (χ4v) is 3.26. The zero-order valence-electron chi connectivity index (χ0n) is 18.9. The summed E-state index contributed by atoms with van der Waals surface area (Å²) in [4.78, 5) is 52.4. The van der Waals surface area contributed by atoms with E-state index >= 15 is 0 Å². The molecule has 2 heterocycles. The van der Waals surface area contributed by atoms with Crippen LogP contribution in [0.5, 0.6) is 0 Å². The van der Waals surface area contributed by atoms with Gasteiger partial charge < -0.3 is 15.7 Å². The summed E-state index contributed by atoms with van der Waals surface area (Å²) in [5.41, 5.74) is 5.77. The number of benzene rings is 1. The maximum absolute atomic E-state index is 13.7. The van der Waals surface area contributed by atoms with Crippen LogP contribution in [0.25, 0.3) is 0 Å². The lowest BCUT2D eigenvalue weighted by atomic mass is 10.1. The number of rotatable bonds is 4. The fourth-order valence-electron chi connectivity index (χ4n) is 3.26. The highest BCUT2D eigenvalue weighted by molar-refractivity contribution is 5.66. The minimum Gasteiger partial charge on any atom is -0.481 e. The summed E-state index contributed by atoms with van der Waals surface area (Å²) in [6, 6.07) is 7.19. The van der Waals surface area contributed by atoms with Crippen molar-refractivity contribution >= 4 is 17.9 Å². The van der Waals surface area contributed by atoms with Crippen LogP contribution >= 0.6 is 0 Å². The number of anilines is 1. The maximum atomic E-state index is 13.7. The van der Waals surface area contributed by atoms with Gasteiger partial charge in [0.1, 0.15) is 11.6 Å². The lowest BCUT2D eigenvalue weighted by molar-refractivity contribution is -0.191. The van der Waals surface area contributed by atoms with E-state index in [2.05, 4.69) is 0 Å². The maximum Gasteiger partial charge on any atom is 0.373 e. The molecular weight excluding hydrogens is 449 g/mol. The molecule has 0 bridgehead atoms. The standard InChI is InChI=1S/C18H20FN5O2.C3H6O2.CO2/c1-22-17(25)8-16(23-6-2-3-15(21)11-23)24(18(22)26)10-13-7-14(19)5-4-12(13)9-20;1-2-3(4)5;2-1-3/h4-5,7-8,15H,2-3,6,10-11,21H2,1H3;2H2,1H3,(H,4,5);/t15-;;/m1../s1. The van der Waals surface area contributed by atoms with Crippen LogP contribution in [-0.4, -0.2) is 45.5 Å². The molecule has 0 aliphatic carbocycles. The number of hydrogen-bond donors (Lipinski definition) is 2. The minimum absolute atomic E-state index is 0.00528. The monoisotopic (exact) mass is 475 g/mol. The van der Waals surface area contributed by atoms with Gasteiger partial charge in [-0.15, -0.1) is 0 Å².